The lowest BCUT2D eigenvalue weighted by molar-refractivity contribution is -0.0233. The maximum Gasteiger partial charge on any atom is 0.490 e. The van der Waals surface area contributed by atoms with Crippen LogP contribution in [0.5, 0.6) is 0 Å². The molecule has 1 aliphatic heterocycles. The maximum atomic E-state index is 13.8. The number of hydrogen-bond acceptors (Lipinski definition) is 10. The van der Waals surface area contributed by atoms with Gasteiger partial charge in [-0.25, -0.2) is 13.7 Å². The molecule has 29 heavy (non-hydrogen) atoms. The van der Waals surface area contributed by atoms with Crippen LogP contribution in [0.2, 0.25) is 0 Å². The van der Waals surface area contributed by atoms with Crippen molar-refractivity contribution in [2.75, 3.05) is 6.61 Å². The Balaban J connectivity index is 2.05. The number of halogens is 1. The van der Waals surface area contributed by atoms with Crippen LogP contribution in [0.15, 0.2) is 16.9 Å². The van der Waals surface area contributed by atoms with Crippen molar-refractivity contribution in [1.82, 2.24) is 4.98 Å². The Bertz CT molecular complexity index is 946. The summed E-state index contributed by atoms with van der Waals surface area (Å²) in [6.07, 6.45) is -6.65. The number of H-pyrrole nitrogens is 1. The van der Waals surface area contributed by atoms with Crippen molar-refractivity contribution in [3.63, 3.8) is 0 Å². The van der Waals surface area contributed by atoms with E-state index in [1.54, 1.807) is 4.98 Å². The molecule has 1 aromatic rings. The summed E-state index contributed by atoms with van der Waals surface area (Å²) >= 11 is 0. The van der Waals surface area contributed by atoms with E-state index in [1.165, 1.54) is 0 Å². The smallest absolute Gasteiger partial charge is 0.387 e. The van der Waals surface area contributed by atoms with Gasteiger partial charge < -0.3 is 34.5 Å². The molecule has 0 amide bonds. The van der Waals surface area contributed by atoms with Crippen molar-refractivity contribution in [2.24, 2.45) is 0 Å². The fourth-order valence-corrected chi connectivity index (χ4v) is 5.32. The number of aliphatic hydroxyl groups excluding tert-OH is 2. The van der Waals surface area contributed by atoms with Crippen molar-refractivity contribution in [3.8, 4) is 0 Å². The van der Waals surface area contributed by atoms with Crippen LogP contribution in [0.25, 0.3) is 0 Å². The number of rotatable bonds is 8. The van der Waals surface area contributed by atoms with E-state index < -0.39 is 66.0 Å². The molecule has 166 valence electrons. The molecule has 15 nitrogen and oxygen atoms in total. The molecule has 6 atom stereocenters. The number of nitrogens with one attached hydrogen (secondary N) is 1. The summed E-state index contributed by atoms with van der Waals surface area (Å²) in [5, 5.41) is 19.9. The third-order valence-electron chi connectivity index (χ3n) is 3.39. The normalized spacial score (nSPS) is 29.3. The summed E-state index contributed by atoms with van der Waals surface area (Å²) in [7, 11) is -16.8. The minimum Gasteiger partial charge on any atom is -0.387 e. The number of pyridine rings is 1. The third-order valence-corrected chi connectivity index (χ3v) is 7.19. The molecule has 0 saturated carbocycles. The van der Waals surface area contributed by atoms with Crippen molar-refractivity contribution in [2.45, 2.75) is 24.4 Å². The molecule has 1 aromatic heterocycles. The highest BCUT2D eigenvalue weighted by Gasteiger charge is 2.47. The number of aromatic amines is 1. The Morgan fingerprint density at radius 3 is 2.21 bits per heavy atom. The van der Waals surface area contributed by atoms with Crippen LogP contribution in [-0.4, -0.2) is 59.7 Å². The van der Waals surface area contributed by atoms with Crippen molar-refractivity contribution in [3.05, 3.63) is 34.0 Å². The van der Waals surface area contributed by atoms with Gasteiger partial charge in [0.2, 0.25) is 5.56 Å². The fourth-order valence-electron chi connectivity index (χ4n) is 2.29. The maximum absolute atomic E-state index is 13.8. The number of phosphoric ester groups is 1. The van der Waals surface area contributed by atoms with E-state index in [0.717, 1.165) is 12.1 Å². The van der Waals surface area contributed by atoms with Crippen LogP contribution in [0, 0.1) is 5.95 Å². The van der Waals surface area contributed by atoms with Crippen molar-refractivity contribution < 1.29 is 65.8 Å². The molecule has 0 aromatic carbocycles. The molecule has 2 heterocycles. The van der Waals surface area contributed by atoms with E-state index in [9.17, 15) is 38.0 Å². The summed E-state index contributed by atoms with van der Waals surface area (Å²) in [6, 6.07) is 1.89. The number of phosphoric acid groups is 3. The molecule has 1 fully saturated rings. The number of ether oxygens (including phenoxy) is 1. The highest BCUT2D eigenvalue weighted by Crippen LogP contribution is 2.66. The molecule has 0 aliphatic carbocycles. The van der Waals surface area contributed by atoms with Gasteiger partial charge in [0.1, 0.15) is 24.4 Å². The standard InChI is InChI=1S/C10H15FNO14P3/c11-10-4(1-2-6(13)12-10)9-8(15)7(14)5(24-9)3-23-28(19,20)26-29(21,22)25-27(16,17)18/h1-2,5,7-9,14-15H,3H2,(H,12,13)(H,19,20)(H,21,22)(H2,16,17,18)/t5-,7+,8?,9+/m1/s1. The molecule has 7 N–H and O–H groups in total. The molecule has 3 unspecified atom stereocenters. The fraction of sp³-hybridized carbons (Fsp3) is 0.500. The van der Waals surface area contributed by atoms with Crippen LogP contribution in [0.4, 0.5) is 4.39 Å². The minimum absolute atomic E-state index is 0.350. The molecule has 0 spiro atoms. The summed E-state index contributed by atoms with van der Waals surface area (Å²) in [5.41, 5.74) is -1.14. The average molecular weight is 485 g/mol. The summed E-state index contributed by atoms with van der Waals surface area (Å²) < 4.78 is 63.7. The van der Waals surface area contributed by atoms with E-state index in [1.807, 2.05) is 0 Å². The largest absolute Gasteiger partial charge is 0.490 e. The van der Waals surface area contributed by atoms with Gasteiger partial charge in [0, 0.05) is 11.6 Å². The number of aromatic nitrogens is 1. The Labute approximate surface area is 160 Å². The SMILES string of the molecule is O=c1ccc([C@@H]2O[C@H](COP(=O)(O)OP(=O)(O)OP(=O)(O)O)[C@H](O)C2O)c(F)[nH]1. The summed E-state index contributed by atoms with van der Waals surface area (Å²) in [6.45, 7) is -1.05. The topological polar surface area (TPSA) is 242 Å². The van der Waals surface area contributed by atoms with E-state index in [4.69, 9.17) is 19.4 Å². The first-order chi connectivity index (χ1) is 13.1. The molecule has 1 saturated heterocycles. The van der Waals surface area contributed by atoms with E-state index in [-0.39, 0.29) is 5.56 Å². The van der Waals surface area contributed by atoms with Gasteiger partial charge in [0.25, 0.3) is 0 Å². The van der Waals surface area contributed by atoms with Crippen molar-refractivity contribution in [1.29, 1.82) is 0 Å². The predicted octanol–water partition coefficient (Wildman–Crippen LogP) is -0.981. The Morgan fingerprint density at radius 1 is 1.03 bits per heavy atom. The highest BCUT2D eigenvalue weighted by molar-refractivity contribution is 7.66. The van der Waals surface area contributed by atoms with Gasteiger partial charge in [-0.05, 0) is 6.07 Å². The molecular weight excluding hydrogens is 470 g/mol. The Kier molecular flexibility index (Phi) is 7.36. The van der Waals surface area contributed by atoms with Crippen LogP contribution in [0.3, 0.4) is 0 Å². The van der Waals surface area contributed by atoms with E-state index in [0.29, 0.717) is 0 Å². The molecule has 0 bridgehead atoms. The van der Waals surface area contributed by atoms with Gasteiger partial charge >= 0.3 is 23.5 Å². The lowest BCUT2D eigenvalue weighted by Gasteiger charge is -2.19. The Morgan fingerprint density at radius 2 is 1.66 bits per heavy atom. The monoisotopic (exact) mass is 485 g/mol. The summed E-state index contributed by atoms with van der Waals surface area (Å²) in [4.78, 5) is 48.1. The van der Waals surface area contributed by atoms with Crippen LogP contribution in [-0.2, 0) is 31.6 Å². The third kappa shape index (κ3) is 6.84. The quantitative estimate of drug-likeness (QED) is 0.173. The van der Waals surface area contributed by atoms with Gasteiger partial charge in [-0.2, -0.15) is 13.0 Å². The van der Waals surface area contributed by atoms with Gasteiger partial charge in [-0.3, -0.25) is 14.3 Å². The van der Waals surface area contributed by atoms with E-state index >= 15 is 0 Å². The summed E-state index contributed by atoms with van der Waals surface area (Å²) in [5.74, 6) is -1.16. The van der Waals surface area contributed by atoms with Gasteiger partial charge in [0.05, 0.1) is 6.61 Å². The molecule has 0 radical (unpaired) electrons. The Hall–Kier alpha value is -0.830. The van der Waals surface area contributed by atoms with Crippen LogP contribution in [0.1, 0.15) is 11.7 Å². The van der Waals surface area contributed by atoms with Crippen LogP contribution < -0.4 is 5.56 Å². The molecular formula is C10H15FNO14P3. The first-order valence-corrected chi connectivity index (χ1v) is 11.8. The minimum atomic E-state index is -5.73. The second kappa shape index (κ2) is 8.73. The second-order valence-corrected chi connectivity index (χ2v) is 9.97. The number of aliphatic hydroxyl groups is 2. The number of hydrogen-bond donors (Lipinski definition) is 7. The predicted molar refractivity (Wildman–Crippen MR) is 86.5 cm³/mol. The van der Waals surface area contributed by atoms with E-state index in [2.05, 4.69) is 13.1 Å². The highest BCUT2D eigenvalue weighted by atomic mass is 31.3. The lowest BCUT2D eigenvalue weighted by Crippen LogP contribution is -2.33. The first-order valence-electron chi connectivity index (χ1n) is 7.29. The second-order valence-electron chi connectivity index (χ2n) is 5.55. The zero-order valence-corrected chi connectivity index (χ0v) is 16.5. The first kappa shape index (κ1) is 24.4. The lowest BCUT2D eigenvalue weighted by atomic mass is 10.0. The van der Waals surface area contributed by atoms with Crippen molar-refractivity contribution >= 4 is 23.5 Å². The van der Waals surface area contributed by atoms with Gasteiger partial charge in [0.15, 0.2) is 5.95 Å². The molecule has 2 rings (SSSR count). The molecule has 19 heteroatoms. The van der Waals surface area contributed by atoms with Gasteiger partial charge in [-0.1, -0.05) is 0 Å². The molecule has 1 aliphatic rings. The van der Waals surface area contributed by atoms with Crippen LogP contribution >= 0.6 is 23.5 Å². The van der Waals surface area contributed by atoms with Gasteiger partial charge in [-0.15, -0.1) is 0 Å². The average Bonchev–Trinajstić information content (AvgIpc) is 2.78. The zero-order chi connectivity index (χ0) is 22.2. The zero-order valence-electron chi connectivity index (χ0n) is 13.8.